The number of nitrogens with zero attached hydrogens (tertiary/aromatic N) is 1. The van der Waals surface area contributed by atoms with E-state index in [2.05, 4.69) is 17.1 Å². The van der Waals surface area contributed by atoms with Crippen molar-refractivity contribution in [2.24, 2.45) is 5.92 Å². The summed E-state index contributed by atoms with van der Waals surface area (Å²) in [6.45, 7) is 9.20. The predicted molar refractivity (Wildman–Crippen MR) is 96.6 cm³/mol. The van der Waals surface area contributed by atoms with E-state index in [0.29, 0.717) is 12.1 Å². The van der Waals surface area contributed by atoms with Crippen molar-refractivity contribution in [2.75, 3.05) is 18.4 Å². The summed E-state index contributed by atoms with van der Waals surface area (Å²) in [5.41, 5.74) is 1.04. The Hall–Kier alpha value is -2.08. The van der Waals surface area contributed by atoms with Gasteiger partial charge in [-0.25, -0.2) is 4.79 Å². The summed E-state index contributed by atoms with van der Waals surface area (Å²) in [4.78, 5) is 25.7. The molecule has 1 saturated heterocycles. The van der Waals surface area contributed by atoms with E-state index in [1.54, 1.807) is 12.1 Å². The molecule has 2 unspecified atom stereocenters. The third kappa shape index (κ3) is 5.19. The van der Waals surface area contributed by atoms with Gasteiger partial charge in [-0.05, 0) is 64.4 Å². The second-order valence-corrected chi connectivity index (χ2v) is 7.41. The van der Waals surface area contributed by atoms with Crippen molar-refractivity contribution in [1.82, 2.24) is 4.90 Å². The van der Waals surface area contributed by atoms with Gasteiger partial charge in [0.15, 0.2) is 0 Å². The van der Waals surface area contributed by atoms with Crippen LogP contribution in [0.15, 0.2) is 24.3 Å². The molecule has 0 spiro atoms. The number of ether oxygens (including phenoxy) is 1. The smallest absolute Gasteiger partial charge is 0.412 e. The number of benzene rings is 1. The number of amides is 1. The summed E-state index contributed by atoms with van der Waals surface area (Å²) in [7, 11) is 0. The summed E-state index contributed by atoms with van der Waals surface area (Å²) in [6.07, 6.45) is 1.09. The number of hydrogen-bond donors (Lipinski definition) is 2. The average molecular weight is 348 g/mol. The highest BCUT2D eigenvalue weighted by Gasteiger charge is 2.36. The normalized spacial score (nSPS) is 21.6. The van der Waals surface area contributed by atoms with Crippen LogP contribution in [0.5, 0.6) is 0 Å². The molecule has 0 aliphatic carbocycles. The molecule has 2 rings (SSSR count). The van der Waals surface area contributed by atoms with Gasteiger partial charge in [-0.3, -0.25) is 15.0 Å². The molecule has 1 amide bonds. The quantitative estimate of drug-likeness (QED) is 0.863. The van der Waals surface area contributed by atoms with E-state index >= 15 is 0 Å². The maximum atomic E-state index is 11.8. The van der Waals surface area contributed by atoms with Gasteiger partial charge in [0.1, 0.15) is 5.60 Å². The van der Waals surface area contributed by atoms with Crippen LogP contribution in [0.25, 0.3) is 0 Å². The van der Waals surface area contributed by atoms with Crippen LogP contribution in [0.2, 0.25) is 0 Å². The molecule has 1 aromatic rings. The zero-order chi connectivity index (χ0) is 18.6. The van der Waals surface area contributed by atoms with E-state index < -0.39 is 23.6 Å². The van der Waals surface area contributed by atoms with Crippen LogP contribution in [-0.4, -0.2) is 40.8 Å². The minimum Gasteiger partial charge on any atom is -0.481 e. The molecule has 2 N–H and O–H groups in total. The minimum absolute atomic E-state index is 0.133. The lowest BCUT2D eigenvalue weighted by molar-refractivity contribution is -0.146. The molecule has 0 bridgehead atoms. The van der Waals surface area contributed by atoms with Crippen molar-refractivity contribution < 1.29 is 19.4 Å². The molecule has 1 aliphatic heterocycles. The molecule has 1 aromatic carbocycles. The standard InChI is InChI=1S/C19H28N2O4/c1-5-21-12-6-7-15(17(22)23)16(21)13-8-10-14(11-9-13)20-18(24)25-19(2,3)4/h8-11,15-16H,5-7,12H2,1-4H3,(H,20,24)(H,22,23). The van der Waals surface area contributed by atoms with Crippen LogP contribution >= 0.6 is 0 Å². The number of rotatable bonds is 4. The molecule has 1 heterocycles. The van der Waals surface area contributed by atoms with Gasteiger partial charge >= 0.3 is 12.1 Å². The maximum Gasteiger partial charge on any atom is 0.412 e. The Morgan fingerprint density at radius 1 is 1.28 bits per heavy atom. The van der Waals surface area contributed by atoms with Crippen LogP contribution in [0, 0.1) is 5.92 Å². The highest BCUT2D eigenvalue weighted by molar-refractivity contribution is 5.84. The van der Waals surface area contributed by atoms with Crippen LogP contribution < -0.4 is 5.32 Å². The van der Waals surface area contributed by atoms with E-state index in [9.17, 15) is 14.7 Å². The molecule has 2 atom stereocenters. The van der Waals surface area contributed by atoms with Crippen molar-refractivity contribution in [2.45, 2.75) is 52.2 Å². The monoisotopic (exact) mass is 348 g/mol. The maximum absolute atomic E-state index is 11.8. The predicted octanol–water partition coefficient (Wildman–Crippen LogP) is 3.89. The number of carbonyl (C=O) groups excluding carboxylic acids is 1. The fourth-order valence-corrected chi connectivity index (χ4v) is 3.31. The van der Waals surface area contributed by atoms with Crippen LogP contribution in [0.3, 0.4) is 0 Å². The fraction of sp³-hybridized carbons (Fsp3) is 0.579. The van der Waals surface area contributed by atoms with Crippen molar-refractivity contribution in [1.29, 1.82) is 0 Å². The summed E-state index contributed by atoms with van der Waals surface area (Å²) in [5.74, 6) is -1.16. The zero-order valence-electron chi connectivity index (χ0n) is 15.4. The number of aliphatic carboxylic acids is 1. The van der Waals surface area contributed by atoms with Crippen molar-refractivity contribution in [3.8, 4) is 0 Å². The van der Waals surface area contributed by atoms with Gasteiger partial charge < -0.3 is 9.84 Å². The summed E-state index contributed by atoms with van der Waals surface area (Å²) in [6, 6.07) is 7.23. The molecule has 1 aliphatic rings. The molecular formula is C19H28N2O4. The minimum atomic E-state index is -0.751. The highest BCUT2D eigenvalue weighted by atomic mass is 16.6. The molecule has 1 fully saturated rings. The lowest BCUT2D eigenvalue weighted by Gasteiger charge is -2.39. The topological polar surface area (TPSA) is 78.9 Å². The van der Waals surface area contributed by atoms with E-state index in [-0.39, 0.29) is 6.04 Å². The first-order chi connectivity index (χ1) is 11.7. The van der Waals surface area contributed by atoms with E-state index in [0.717, 1.165) is 25.1 Å². The average Bonchev–Trinajstić information content (AvgIpc) is 2.53. The first kappa shape index (κ1) is 19.2. The fourth-order valence-electron chi connectivity index (χ4n) is 3.31. The number of carbonyl (C=O) groups is 2. The third-order valence-electron chi connectivity index (χ3n) is 4.36. The summed E-state index contributed by atoms with van der Waals surface area (Å²) in [5, 5.41) is 12.3. The molecule has 6 nitrogen and oxygen atoms in total. The lowest BCUT2D eigenvalue weighted by Crippen LogP contribution is -2.41. The Kier molecular flexibility index (Phi) is 6.06. The number of piperidine rings is 1. The Labute approximate surface area is 149 Å². The number of carboxylic acids is 1. The molecule has 138 valence electrons. The lowest BCUT2D eigenvalue weighted by atomic mass is 9.84. The van der Waals surface area contributed by atoms with Gasteiger partial charge in [-0.15, -0.1) is 0 Å². The molecule has 6 heteroatoms. The van der Waals surface area contributed by atoms with Gasteiger partial charge in [-0.2, -0.15) is 0 Å². The van der Waals surface area contributed by atoms with E-state index in [4.69, 9.17) is 4.74 Å². The van der Waals surface area contributed by atoms with Gasteiger partial charge in [0.25, 0.3) is 0 Å². The molecule has 25 heavy (non-hydrogen) atoms. The molecule has 0 aromatic heterocycles. The number of anilines is 1. The Morgan fingerprint density at radius 2 is 1.92 bits per heavy atom. The summed E-state index contributed by atoms with van der Waals surface area (Å²) < 4.78 is 5.24. The van der Waals surface area contributed by atoms with Crippen LogP contribution in [0.4, 0.5) is 10.5 Å². The number of likely N-dealkylation sites (tertiary alicyclic amines) is 1. The second kappa shape index (κ2) is 7.87. The SMILES string of the molecule is CCN1CCCC(C(=O)O)C1c1ccc(NC(=O)OC(C)(C)C)cc1. The Morgan fingerprint density at radius 3 is 2.44 bits per heavy atom. The van der Waals surface area contributed by atoms with Gasteiger partial charge in [-0.1, -0.05) is 19.1 Å². The van der Waals surface area contributed by atoms with Crippen molar-refractivity contribution in [3.63, 3.8) is 0 Å². The first-order valence-corrected chi connectivity index (χ1v) is 8.78. The van der Waals surface area contributed by atoms with Crippen molar-refractivity contribution in [3.05, 3.63) is 29.8 Å². The molecular weight excluding hydrogens is 320 g/mol. The molecule has 0 saturated carbocycles. The largest absolute Gasteiger partial charge is 0.481 e. The van der Waals surface area contributed by atoms with Crippen LogP contribution in [-0.2, 0) is 9.53 Å². The molecule has 0 radical (unpaired) electrons. The van der Waals surface area contributed by atoms with Crippen LogP contribution in [0.1, 0.15) is 52.1 Å². The number of carboxylic acid groups (broad SMARTS) is 1. The third-order valence-corrected chi connectivity index (χ3v) is 4.36. The second-order valence-electron chi connectivity index (χ2n) is 7.41. The van der Waals surface area contributed by atoms with Gasteiger partial charge in [0.2, 0.25) is 0 Å². The van der Waals surface area contributed by atoms with E-state index in [1.807, 2.05) is 32.9 Å². The Bertz CT molecular complexity index is 607. The van der Waals surface area contributed by atoms with E-state index in [1.165, 1.54) is 0 Å². The van der Waals surface area contributed by atoms with Gasteiger partial charge in [0, 0.05) is 11.7 Å². The summed E-state index contributed by atoms with van der Waals surface area (Å²) >= 11 is 0. The number of hydrogen-bond acceptors (Lipinski definition) is 4. The first-order valence-electron chi connectivity index (χ1n) is 8.78. The highest BCUT2D eigenvalue weighted by Crippen LogP contribution is 2.36. The number of nitrogens with one attached hydrogen (secondary N) is 1. The zero-order valence-corrected chi connectivity index (χ0v) is 15.4. The van der Waals surface area contributed by atoms with Crippen molar-refractivity contribution >= 4 is 17.7 Å². The van der Waals surface area contributed by atoms with Gasteiger partial charge in [0.05, 0.1) is 5.92 Å². The Balaban J connectivity index is 2.14.